The lowest BCUT2D eigenvalue weighted by atomic mass is 9.95. The fourth-order valence-electron chi connectivity index (χ4n) is 2.41. The summed E-state index contributed by atoms with van der Waals surface area (Å²) in [6, 6.07) is 3.76. The smallest absolute Gasteiger partial charge is 0.188 e. The number of halogens is 2. The zero-order chi connectivity index (χ0) is 15.5. The molecule has 0 radical (unpaired) electrons. The second kappa shape index (κ2) is 6.39. The Balaban J connectivity index is 2.01. The number of nitrogens with one attached hydrogen (secondary N) is 1. The van der Waals surface area contributed by atoms with Gasteiger partial charge in [-0.1, -0.05) is 6.07 Å². The molecule has 3 N–H and O–H groups in total. The van der Waals surface area contributed by atoms with Gasteiger partial charge in [-0.3, -0.25) is 4.99 Å². The van der Waals surface area contributed by atoms with Crippen LogP contribution in [0.15, 0.2) is 23.2 Å². The van der Waals surface area contributed by atoms with Gasteiger partial charge in [-0.2, -0.15) is 0 Å². The third kappa shape index (κ3) is 3.91. The molecule has 4 nitrogen and oxygen atoms in total. The Kier molecular flexibility index (Phi) is 4.77. The fourth-order valence-corrected chi connectivity index (χ4v) is 2.41. The van der Waals surface area contributed by atoms with Crippen LogP contribution in [0.5, 0.6) is 0 Å². The van der Waals surface area contributed by atoms with Crippen LogP contribution in [0.25, 0.3) is 0 Å². The predicted molar refractivity (Wildman–Crippen MR) is 78.2 cm³/mol. The molecule has 0 spiro atoms. The average Bonchev–Trinajstić information content (AvgIpc) is 3.17. The van der Waals surface area contributed by atoms with Crippen molar-refractivity contribution >= 4 is 5.96 Å². The van der Waals surface area contributed by atoms with Crippen LogP contribution in [0.1, 0.15) is 25.3 Å². The predicted octanol–water partition coefficient (Wildman–Crippen LogP) is 1.94. The minimum Gasteiger partial charge on any atom is -0.383 e. The first-order chi connectivity index (χ1) is 9.97. The first-order valence-corrected chi connectivity index (χ1v) is 6.98. The zero-order valence-corrected chi connectivity index (χ0v) is 12.3. The molecule has 1 aliphatic carbocycles. The number of ether oxygens (including phenoxy) is 1. The van der Waals surface area contributed by atoms with Crippen LogP contribution in [0, 0.1) is 11.6 Å². The van der Waals surface area contributed by atoms with E-state index in [2.05, 4.69) is 10.3 Å². The molecule has 2 rings (SSSR count). The molecular formula is C15H21F2N3O. The minimum atomic E-state index is -0.565. The van der Waals surface area contributed by atoms with E-state index in [0.717, 1.165) is 18.9 Å². The molecular weight excluding hydrogens is 276 g/mol. The van der Waals surface area contributed by atoms with Crippen molar-refractivity contribution in [1.29, 1.82) is 0 Å². The molecule has 1 aromatic carbocycles. The standard InChI is InChI=1S/C15H21F2N3O/c1-10(8-21-2)20-14(18)19-9-15(5-6-15)12-4-3-11(16)7-13(12)17/h3-4,7,10H,5-6,8-9H2,1-2H3,(H3,18,19,20). The molecule has 0 amide bonds. The number of rotatable bonds is 6. The van der Waals surface area contributed by atoms with E-state index >= 15 is 0 Å². The van der Waals surface area contributed by atoms with Gasteiger partial charge in [0.15, 0.2) is 5.96 Å². The molecule has 1 fully saturated rings. The highest BCUT2D eigenvalue weighted by Gasteiger charge is 2.46. The Morgan fingerprint density at radius 2 is 2.19 bits per heavy atom. The highest BCUT2D eigenvalue weighted by molar-refractivity contribution is 5.78. The van der Waals surface area contributed by atoms with E-state index in [4.69, 9.17) is 10.5 Å². The molecule has 6 heteroatoms. The Morgan fingerprint density at radius 3 is 2.76 bits per heavy atom. The molecule has 1 aliphatic rings. The van der Waals surface area contributed by atoms with Crippen LogP contribution in [-0.2, 0) is 10.2 Å². The lowest BCUT2D eigenvalue weighted by molar-refractivity contribution is 0.179. The largest absolute Gasteiger partial charge is 0.383 e. The monoisotopic (exact) mass is 297 g/mol. The van der Waals surface area contributed by atoms with Gasteiger partial charge in [-0.15, -0.1) is 0 Å². The van der Waals surface area contributed by atoms with Crippen LogP contribution in [-0.4, -0.2) is 32.3 Å². The van der Waals surface area contributed by atoms with Gasteiger partial charge in [-0.05, 0) is 31.4 Å². The molecule has 0 bridgehead atoms. The molecule has 0 aliphatic heterocycles. The van der Waals surface area contributed by atoms with Crippen LogP contribution in [0.3, 0.4) is 0 Å². The maximum absolute atomic E-state index is 13.9. The Bertz CT molecular complexity index is 530. The van der Waals surface area contributed by atoms with Crippen molar-refractivity contribution in [3.05, 3.63) is 35.4 Å². The van der Waals surface area contributed by atoms with Gasteiger partial charge < -0.3 is 15.8 Å². The first-order valence-electron chi connectivity index (χ1n) is 6.98. The zero-order valence-electron chi connectivity index (χ0n) is 12.3. The summed E-state index contributed by atoms with van der Waals surface area (Å²) in [6.45, 7) is 2.85. The van der Waals surface area contributed by atoms with Crippen LogP contribution in [0.4, 0.5) is 8.78 Å². The number of guanidine groups is 1. The maximum Gasteiger partial charge on any atom is 0.188 e. The summed E-state index contributed by atoms with van der Waals surface area (Å²) < 4.78 is 31.8. The van der Waals surface area contributed by atoms with E-state index in [1.807, 2.05) is 6.92 Å². The van der Waals surface area contributed by atoms with Crippen molar-refractivity contribution in [2.75, 3.05) is 20.3 Å². The van der Waals surface area contributed by atoms with Crippen molar-refractivity contribution in [2.45, 2.75) is 31.2 Å². The second-order valence-corrected chi connectivity index (χ2v) is 5.61. The summed E-state index contributed by atoms with van der Waals surface area (Å²) in [5.74, 6) is -0.763. The molecule has 0 saturated heterocycles. The summed E-state index contributed by atoms with van der Waals surface area (Å²) in [5.41, 5.74) is 5.99. The SMILES string of the molecule is COCC(C)NC(N)=NCC1(c2ccc(F)cc2F)CC1. The molecule has 1 unspecified atom stereocenters. The number of hydrogen-bond acceptors (Lipinski definition) is 2. The summed E-state index contributed by atoms with van der Waals surface area (Å²) >= 11 is 0. The maximum atomic E-state index is 13.9. The normalized spacial score (nSPS) is 18.4. The summed E-state index contributed by atoms with van der Waals surface area (Å²) in [5, 5.41) is 3.01. The number of aliphatic imine (C=N–C) groups is 1. The Labute approximate surface area is 123 Å². The molecule has 116 valence electrons. The highest BCUT2D eigenvalue weighted by Crippen LogP contribution is 2.49. The van der Waals surface area contributed by atoms with Gasteiger partial charge in [0.05, 0.1) is 13.2 Å². The Hall–Kier alpha value is -1.69. The van der Waals surface area contributed by atoms with Gasteiger partial charge in [-0.25, -0.2) is 8.78 Å². The quantitative estimate of drug-likeness (QED) is 0.623. The number of nitrogens with two attached hydrogens (primary N) is 1. The highest BCUT2D eigenvalue weighted by atomic mass is 19.1. The van der Waals surface area contributed by atoms with Gasteiger partial charge in [0.25, 0.3) is 0 Å². The lowest BCUT2D eigenvalue weighted by Gasteiger charge is -2.16. The van der Waals surface area contributed by atoms with Crippen LogP contribution in [0.2, 0.25) is 0 Å². The molecule has 1 atom stereocenters. The van der Waals surface area contributed by atoms with Crippen molar-refractivity contribution in [3.8, 4) is 0 Å². The van der Waals surface area contributed by atoms with E-state index in [0.29, 0.717) is 24.7 Å². The van der Waals surface area contributed by atoms with Gasteiger partial charge >= 0.3 is 0 Å². The topological polar surface area (TPSA) is 59.6 Å². The summed E-state index contributed by atoms with van der Waals surface area (Å²) in [4.78, 5) is 4.29. The van der Waals surface area contributed by atoms with Gasteiger partial charge in [0, 0.05) is 24.6 Å². The Morgan fingerprint density at radius 1 is 1.48 bits per heavy atom. The van der Waals surface area contributed by atoms with Gasteiger partial charge in [0.1, 0.15) is 11.6 Å². The average molecular weight is 297 g/mol. The fraction of sp³-hybridized carbons (Fsp3) is 0.533. The van der Waals surface area contributed by atoms with Crippen LogP contribution >= 0.6 is 0 Å². The van der Waals surface area contributed by atoms with Crippen LogP contribution < -0.4 is 11.1 Å². The molecule has 21 heavy (non-hydrogen) atoms. The van der Waals surface area contributed by atoms with Crippen molar-refractivity contribution in [3.63, 3.8) is 0 Å². The van der Waals surface area contributed by atoms with E-state index in [9.17, 15) is 8.78 Å². The van der Waals surface area contributed by atoms with Gasteiger partial charge in [0.2, 0.25) is 0 Å². The van der Waals surface area contributed by atoms with E-state index in [-0.39, 0.29) is 11.5 Å². The number of nitrogens with zero attached hydrogens (tertiary/aromatic N) is 1. The first kappa shape index (κ1) is 15.7. The third-order valence-electron chi connectivity index (χ3n) is 3.72. The van der Waals surface area contributed by atoms with E-state index in [1.54, 1.807) is 7.11 Å². The number of benzene rings is 1. The number of methoxy groups -OCH3 is 1. The molecule has 1 aromatic rings. The number of hydrogen-bond donors (Lipinski definition) is 2. The molecule has 0 heterocycles. The minimum absolute atomic E-state index is 0.0523. The second-order valence-electron chi connectivity index (χ2n) is 5.61. The molecule has 0 aromatic heterocycles. The van der Waals surface area contributed by atoms with E-state index < -0.39 is 11.6 Å². The lowest BCUT2D eigenvalue weighted by Crippen LogP contribution is -2.41. The van der Waals surface area contributed by atoms with Crippen molar-refractivity contribution in [2.24, 2.45) is 10.7 Å². The summed E-state index contributed by atoms with van der Waals surface area (Å²) in [7, 11) is 1.61. The van der Waals surface area contributed by atoms with Crippen molar-refractivity contribution < 1.29 is 13.5 Å². The summed E-state index contributed by atoms with van der Waals surface area (Å²) in [6.07, 6.45) is 1.67. The third-order valence-corrected chi connectivity index (χ3v) is 3.72. The van der Waals surface area contributed by atoms with E-state index in [1.165, 1.54) is 12.1 Å². The van der Waals surface area contributed by atoms with Crippen molar-refractivity contribution in [1.82, 2.24) is 5.32 Å². The molecule has 1 saturated carbocycles.